The van der Waals surface area contributed by atoms with Gasteiger partial charge in [-0.15, -0.1) is 0 Å². The highest BCUT2D eigenvalue weighted by Gasteiger charge is 2.15. The molecule has 3 aromatic rings. The van der Waals surface area contributed by atoms with Gasteiger partial charge in [0.1, 0.15) is 17.6 Å². The van der Waals surface area contributed by atoms with E-state index in [0.29, 0.717) is 11.3 Å². The first-order valence-corrected chi connectivity index (χ1v) is 8.39. The third-order valence-electron chi connectivity index (χ3n) is 3.97. The number of hydrogen-bond acceptors (Lipinski definition) is 3. The van der Waals surface area contributed by atoms with Crippen molar-refractivity contribution in [1.29, 1.82) is 5.26 Å². The quantitative estimate of drug-likeness (QED) is 0.715. The summed E-state index contributed by atoms with van der Waals surface area (Å²) in [5.41, 5.74) is 2.37. The summed E-state index contributed by atoms with van der Waals surface area (Å²) in [5, 5.41) is 11.9. The van der Waals surface area contributed by atoms with Crippen LogP contribution < -0.4 is 10.1 Å². The number of carbonyl (C=O) groups is 1. The van der Waals surface area contributed by atoms with Gasteiger partial charge in [0.05, 0.1) is 6.07 Å². The van der Waals surface area contributed by atoms with E-state index >= 15 is 0 Å². The fourth-order valence-electron chi connectivity index (χ4n) is 2.64. The molecule has 0 unspecified atom stereocenters. The van der Waals surface area contributed by atoms with Crippen molar-refractivity contribution >= 4 is 5.91 Å². The predicted octanol–water partition coefficient (Wildman–Crippen LogP) is 4.25. The lowest BCUT2D eigenvalue weighted by Gasteiger charge is -2.14. The summed E-state index contributed by atoms with van der Waals surface area (Å²) in [7, 11) is 0. The molecule has 0 aliphatic rings. The lowest BCUT2D eigenvalue weighted by molar-refractivity contribution is -0.123. The zero-order valence-corrected chi connectivity index (χ0v) is 14.4. The van der Waals surface area contributed by atoms with Crippen molar-refractivity contribution in [3.8, 4) is 22.9 Å². The molecule has 0 aromatic heterocycles. The maximum Gasteiger partial charge on any atom is 0.259 e. The fourth-order valence-corrected chi connectivity index (χ4v) is 2.64. The number of nitrogens with one attached hydrogen (secondary N) is 1. The lowest BCUT2D eigenvalue weighted by atomic mass is 10.1. The van der Waals surface area contributed by atoms with Crippen molar-refractivity contribution in [2.45, 2.75) is 6.04 Å². The first-order valence-electron chi connectivity index (χ1n) is 8.39. The number of halogens is 1. The molecule has 0 spiro atoms. The zero-order valence-electron chi connectivity index (χ0n) is 14.4. The Kier molecular flexibility index (Phi) is 5.80. The topological polar surface area (TPSA) is 62.1 Å². The van der Waals surface area contributed by atoms with Gasteiger partial charge < -0.3 is 10.1 Å². The molecule has 3 rings (SSSR count). The van der Waals surface area contributed by atoms with Gasteiger partial charge in [-0.2, -0.15) is 5.26 Å². The number of nitriles is 1. The van der Waals surface area contributed by atoms with Gasteiger partial charge in [0.25, 0.3) is 5.91 Å². The summed E-state index contributed by atoms with van der Waals surface area (Å²) in [4.78, 5) is 12.2. The molecular formula is C22H17FN2O2. The van der Waals surface area contributed by atoms with Gasteiger partial charge in [-0.05, 0) is 29.3 Å². The fraction of sp³-hybridized carbons (Fsp3) is 0.0909. The van der Waals surface area contributed by atoms with Crippen molar-refractivity contribution in [2.75, 3.05) is 6.61 Å². The molecule has 0 aliphatic heterocycles. The average Bonchev–Trinajstić information content (AvgIpc) is 2.72. The molecular weight excluding hydrogens is 343 g/mol. The lowest BCUT2D eigenvalue weighted by Crippen LogP contribution is -2.32. The van der Waals surface area contributed by atoms with Crippen LogP contribution in [0.15, 0.2) is 78.9 Å². The molecule has 4 nitrogen and oxygen atoms in total. The van der Waals surface area contributed by atoms with Crippen molar-refractivity contribution in [3.63, 3.8) is 0 Å². The molecule has 134 valence electrons. The number of rotatable bonds is 6. The molecule has 0 saturated carbocycles. The predicted molar refractivity (Wildman–Crippen MR) is 100 cm³/mol. The smallest absolute Gasteiger partial charge is 0.259 e. The van der Waals surface area contributed by atoms with Crippen LogP contribution in [0.1, 0.15) is 11.6 Å². The van der Waals surface area contributed by atoms with Crippen LogP contribution in [0, 0.1) is 17.1 Å². The van der Waals surface area contributed by atoms with Gasteiger partial charge in [-0.25, -0.2) is 4.39 Å². The first-order chi connectivity index (χ1) is 13.2. The standard InChI is InChI=1S/C22H17FN2O2/c23-18-12-10-17(11-13-18)20(14-24)25-22(26)15-27-21-9-5-4-8-19(21)16-6-2-1-3-7-16/h1-13,20H,15H2,(H,25,26)/t20-/m0/s1. The number of carbonyl (C=O) groups excluding carboxylic acids is 1. The van der Waals surface area contributed by atoms with Gasteiger partial charge >= 0.3 is 0 Å². The van der Waals surface area contributed by atoms with Gasteiger partial charge in [0.15, 0.2) is 6.61 Å². The molecule has 0 radical (unpaired) electrons. The highest BCUT2D eigenvalue weighted by molar-refractivity contribution is 5.79. The maximum atomic E-state index is 13.0. The first kappa shape index (κ1) is 18.2. The molecule has 27 heavy (non-hydrogen) atoms. The highest BCUT2D eigenvalue weighted by atomic mass is 19.1. The summed E-state index contributed by atoms with van der Waals surface area (Å²) in [6.07, 6.45) is 0. The second kappa shape index (κ2) is 8.63. The molecule has 0 heterocycles. The molecule has 0 aliphatic carbocycles. The number of para-hydroxylation sites is 1. The minimum absolute atomic E-state index is 0.233. The van der Waals surface area contributed by atoms with Crippen molar-refractivity contribution < 1.29 is 13.9 Å². The van der Waals surface area contributed by atoms with E-state index in [4.69, 9.17) is 4.74 Å². The summed E-state index contributed by atoms with van der Waals surface area (Å²) in [5.74, 6) is -0.259. The normalized spacial score (nSPS) is 11.3. The summed E-state index contributed by atoms with van der Waals surface area (Å²) >= 11 is 0. The highest BCUT2D eigenvalue weighted by Crippen LogP contribution is 2.29. The third kappa shape index (κ3) is 4.71. The van der Waals surface area contributed by atoms with Gasteiger partial charge in [0.2, 0.25) is 0 Å². The number of ether oxygens (including phenoxy) is 1. The third-order valence-corrected chi connectivity index (χ3v) is 3.97. The molecule has 5 heteroatoms. The zero-order chi connectivity index (χ0) is 19.1. The molecule has 0 fully saturated rings. The van der Waals surface area contributed by atoms with E-state index in [9.17, 15) is 14.4 Å². The number of nitrogens with zero attached hydrogens (tertiary/aromatic N) is 1. The Hall–Kier alpha value is -3.65. The van der Waals surface area contributed by atoms with E-state index in [1.165, 1.54) is 24.3 Å². The molecule has 3 aromatic carbocycles. The van der Waals surface area contributed by atoms with Gasteiger partial charge in [-0.1, -0.05) is 60.7 Å². The monoisotopic (exact) mass is 360 g/mol. The number of amides is 1. The van der Waals surface area contributed by atoms with Crippen LogP contribution >= 0.6 is 0 Å². The van der Waals surface area contributed by atoms with E-state index in [2.05, 4.69) is 5.32 Å². The van der Waals surface area contributed by atoms with Gasteiger partial charge in [-0.3, -0.25) is 4.79 Å². The Morgan fingerprint density at radius 1 is 1.00 bits per heavy atom. The van der Waals surface area contributed by atoms with Crippen LogP contribution in [0.4, 0.5) is 4.39 Å². The SMILES string of the molecule is N#C[C@H](NC(=O)COc1ccccc1-c1ccccc1)c1ccc(F)cc1. The Morgan fingerprint density at radius 2 is 1.67 bits per heavy atom. The van der Waals surface area contributed by atoms with Crippen LogP contribution in [0.5, 0.6) is 5.75 Å². The Bertz CT molecular complexity index is 950. The summed E-state index contributed by atoms with van der Waals surface area (Å²) < 4.78 is 18.7. The number of hydrogen-bond donors (Lipinski definition) is 1. The van der Waals surface area contributed by atoms with Crippen molar-refractivity contribution in [2.24, 2.45) is 0 Å². The van der Waals surface area contributed by atoms with Crippen LogP contribution in [0.25, 0.3) is 11.1 Å². The van der Waals surface area contributed by atoms with Crippen LogP contribution in [0.3, 0.4) is 0 Å². The summed E-state index contributed by atoms with van der Waals surface area (Å²) in [6, 6.07) is 23.7. The average molecular weight is 360 g/mol. The summed E-state index contributed by atoms with van der Waals surface area (Å²) in [6.45, 7) is -0.233. The van der Waals surface area contributed by atoms with E-state index < -0.39 is 17.8 Å². The Balaban J connectivity index is 1.66. The largest absolute Gasteiger partial charge is 0.483 e. The molecule has 0 saturated heterocycles. The van der Waals surface area contributed by atoms with E-state index in [1.807, 2.05) is 54.6 Å². The second-order valence-corrected chi connectivity index (χ2v) is 5.83. The Labute approximate surface area is 156 Å². The van der Waals surface area contributed by atoms with Crippen molar-refractivity contribution in [1.82, 2.24) is 5.32 Å². The second-order valence-electron chi connectivity index (χ2n) is 5.83. The minimum atomic E-state index is -0.869. The van der Waals surface area contributed by atoms with E-state index in [-0.39, 0.29) is 6.61 Å². The number of benzene rings is 3. The van der Waals surface area contributed by atoms with Crippen LogP contribution in [-0.2, 0) is 4.79 Å². The minimum Gasteiger partial charge on any atom is -0.483 e. The van der Waals surface area contributed by atoms with E-state index in [1.54, 1.807) is 6.07 Å². The Morgan fingerprint density at radius 3 is 2.37 bits per heavy atom. The molecule has 0 bridgehead atoms. The maximum absolute atomic E-state index is 13.0. The van der Waals surface area contributed by atoms with Crippen LogP contribution in [0.2, 0.25) is 0 Å². The molecule has 1 N–H and O–H groups in total. The van der Waals surface area contributed by atoms with Crippen LogP contribution in [-0.4, -0.2) is 12.5 Å². The molecule has 1 amide bonds. The molecule has 1 atom stereocenters. The van der Waals surface area contributed by atoms with Gasteiger partial charge in [0, 0.05) is 5.56 Å². The van der Waals surface area contributed by atoms with Crippen molar-refractivity contribution in [3.05, 3.63) is 90.2 Å². The van der Waals surface area contributed by atoms with E-state index in [0.717, 1.165) is 11.1 Å².